The van der Waals surface area contributed by atoms with Crippen LogP contribution in [0.4, 0.5) is 0 Å². The molecule has 0 amide bonds. The molecule has 1 unspecified atom stereocenters. The van der Waals surface area contributed by atoms with Gasteiger partial charge in [0.2, 0.25) is 0 Å². The summed E-state index contributed by atoms with van der Waals surface area (Å²) < 4.78 is 0. The van der Waals surface area contributed by atoms with E-state index >= 15 is 0 Å². The topological polar surface area (TPSA) is 26.0 Å². The predicted octanol–water partition coefficient (Wildman–Crippen LogP) is 2.89. The van der Waals surface area contributed by atoms with Gasteiger partial charge >= 0.3 is 0 Å². The van der Waals surface area contributed by atoms with Crippen molar-refractivity contribution in [2.24, 2.45) is 11.7 Å². The molecule has 0 aromatic rings. The average Bonchev–Trinajstić information content (AvgIpc) is 1.84. The van der Waals surface area contributed by atoms with E-state index in [9.17, 15) is 0 Å². The minimum Gasteiger partial charge on any atom is -0.325 e. The first-order chi connectivity index (χ1) is 5.45. The Morgan fingerprint density at radius 1 is 1.42 bits per heavy atom. The molecular weight excluding hydrogens is 166 g/mol. The van der Waals surface area contributed by atoms with Crippen molar-refractivity contribution >= 4 is 11.8 Å². The minimum absolute atomic E-state index is 0.00337. The van der Waals surface area contributed by atoms with Crippen molar-refractivity contribution in [1.82, 2.24) is 0 Å². The van der Waals surface area contributed by atoms with Crippen molar-refractivity contribution < 1.29 is 0 Å². The third-order valence-electron chi connectivity index (χ3n) is 1.66. The van der Waals surface area contributed by atoms with Crippen molar-refractivity contribution in [3.8, 4) is 0 Å². The van der Waals surface area contributed by atoms with Gasteiger partial charge in [-0.05, 0) is 25.5 Å². The minimum atomic E-state index is -0.00337. The molecule has 0 saturated heterocycles. The van der Waals surface area contributed by atoms with Gasteiger partial charge in [0, 0.05) is 11.3 Å². The standard InChI is InChI=1S/C10H23NS/c1-5-6-9(2)7-12-8-10(3,4)11/h9H,5-8,11H2,1-4H3. The molecule has 0 aliphatic heterocycles. The van der Waals surface area contributed by atoms with Gasteiger partial charge < -0.3 is 5.73 Å². The van der Waals surface area contributed by atoms with E-state index in [1.54, 1.807) is 0 Å². The van der Waals surface area contributed by atoms with E-state index in [-0.39, 0.29) is 5.54 Å². The van der Waals surface area contributed by atoms with Crippen LogP contribution < -0.4 is 5.73 Å². The Hall–Kier alpha value is 0.310. The van der Waals surface area contributed by atoms with Crippen LogP contribution in [0.25, 0.3) is 0 Å². The number of nitrogens with two attached hydrogens (primary N) is 1. The molecule has 0 bridgehead atoms. The zero-order valence-electron chi connectivity index (χ0n) is 8.89. The summed E-state index contributed by atoms with van der Waals surface area (Å²) >= 11 is 1.98. The second-order valence-electron chi connectivity index (χ2n) is 4.40. The van der Waals surface area contributed by atoms with E-state index in [1.165, 1.54) is 18.6 Å². The summed E-state index contributed by atoms with van der Waals surface area (Å²) in [7, 11) is 0. The molecule has 0 saturated carbocycles. The lowest BCUT2D eigenvalue weighted by molar-refractivity contribution is 0.574. The maximum absolute atomic E-state index is 5.87. The molecule has 0 aliphatic rings. The zero-order chi connectivity index (χ0) is 9.61. The lowest BCUT2D eigenvalue weighted by atomic mass is 10.1. The van der Waals surface area contributed by atoms with Gasteiger partial charge in [-0.15, -0.1) is 0 Å². The Bertz CT molecular complexity index is 107. The summed E-state index contributed by atoms with van der Waals surface area (Å²) in [6.45, 7) is 8.74. The monoisotopic (exact) mass is 189 g/mol. The van der Waals surface area contributed by atoms with Crippen LogP contribution in [-0.2, 0) is 0 Å². The Balaban J connectivity index is 3.31. The molecule has 12 heavy (non-hydrogen) atoms. The van der Waals surface area contributed by atoms with Crippen molar-refractivity contribution in [2.45, 2.75) is 46.1 Å². The first-order valence-electron chi connectivity index (χ1n) is 4.82. The van der Waals surface area contributed by atoms with Crippen molar-refractivity contribution in [1.29, 1.82) is 0 Å². The van der Waals surface area contributed by atoms with Gasteiger partial charge in [-0.3, -0.25) is 0 Å². The molecule has 2 heteroatoms. The lowest BCUT2D eigenvalue weighted by Gasteiger charge is -2.18. The molecule has 0 radical (unpaired) electrons. The average molecular weight is 189 g/mol. The van der Waals surface area contributed by atoms with Crippen LogP contribution >= 0.6 is 11.8 Å². The second-order valence-corrected chi connectivity index (χ2v) is 5.43. The van der Waals surface area contributed by atoms with Crippen molar-refractivity contribution in [3.63, 3.8) is 0 Å². The fourth-order valence-electron chi connectivity index (χ4n) is 1.10. The lowest BCUT2D eigenvalue weighted by Crippen LogP contribution is -2.34. The first kappa shape index (κ1) is 12.3. The molecule has 74 valence electrons. The fourth-order valence-corrected chi connectivity index (χ4v) is 2.31. The number of thioether (sulfide) groups is 1. The SMILES string of the molecule is CCCC(C)CSCC(C)(C)N. The molecule has 0 aliphatic carbocycles. The van der Waals surface area contributed by atoms with Crippen LogP contribution in [0.3, 0.4) is 0 Å². The van der Waals surface area contributed by atoms with Gasteiger partial charge in [-0.2, -0.15) is 11.8 Å². The summed E-state index contributed by atoms with van der Waals surface area (Å²) in [5, 5.41) is 0. The zero-order valence-corrected chi connectivity index (χ0v) is 9.71. The first-order valence-corrected chi connectivity index (χ1v) is 5.98. The summed E-state index contributed by atoms with van der Waals surface area (Å²) in [5.41, 5.74) is 5.87. The van der Waals surface area contributed by atoms with Gasteiger partial charge in [-0.25, -0.2) is 0 Å². The van der Waals surface area contributed by atoms with Crippen LogP contribution in [0.5, 0.6) is 0 Å². The van der Waals surface area contributed by atoms with Crippen molar-refractivity contribution in [3.05, 3.63) is 0 Å². The highest BCUT2D eigenvalue weighted by Crippen LogP contribution is 2.16. The smallest absolute Gasteiger partial charge is 0.0188 e. The molecule has 2 N–H and O–H groups in total. The Labute approximate surface area is 81.5 Å². The second kappa shape index (κ2) is 5.87. The number of hydrogen-bond acceptors (Lipinski definition) is 2. The molecule has 1 atom stereocenters. The fraction of sp³-hybridized carbons (Fsp3) is 1.00. The number of rotatable bonds is 6. The Morgan fingerprint density at radius 2 is 2.00 bits per heavy atom. The molecule has 0 rings (SSSR count). The summed E-state index contributed by atoms with van der Waals surface area (Å²) in [5.74, 6) is 3.18. The van der Waals surface area contributed by atoms with E-state index < -0.39 is 0 Å². The van der Waals surface area contributed by atoms with E-state index in [4.69, 9.17) is 5.73 Å². The molecule has 0 spiro atoms. The highest BCUT2D eigenvalue weighted by atomic mass is 32.2. The molecule has 0 aromatic heterocycles. The van der Waals surface area contributed by atoms with Crippen molar-refractivity contribution in [2.75, 3.05) is 11.5 Å². The number of hydrogen-bond donors (Lipinski definition) is 1. The van der Waals surface area contributed by atoms with Gasteiger partial charge in [0.1, 0.15) is 0 Å². The van der Waals surface area contributed by atoms with E-state index in [1.807, 2.05) is 11.8 Å². The third-order valence-corrected chi connectivity index (χ3v) is 3.41. The maximum Gasteiger partial charge on any atom is 0.0188 e. The largest absolute Gasteiger partial charge is 0.325 e. The van der Waals surface area contributed by atoms with Gasteiger partial charge in [0.05, 0.1) is 0 Å². The highest BCUT2D eigenvalue weighted by molar-refractivity contribution is 7.99. The van der Waals surface area contributed by atoms with E-state index in [0.717, 1.165) is 11.7 Å². The molecule has 0 fully saturated rings. The van der Waals surface area contributed by atoms with Crippen LogP contribution in [-0.4, -0.2) is 17.0 Å². The highest BCUT2D eigenvalue weighted by Gasteiger charge is 2.10. The molecule has 0 heterocycles. The van der Waals surface area contributed by atoms with Gasteiger partial charge in [-0.1, -0.05) is 26.7 Å². The van der Waals surface area contributed by atoms with Gasteiger partial charge in [0.15, 0.2) is 0 Å². The van der Waals surface area contributed by atoms with E-state index in [0.29, 0.717) is 0 Å². The Morgan fingerprint density at radius 3 is 2.42 bits per heavy atom. The summed E-state index contributed by atoms with van der Waals surface area (Å²) in [6, 6.07) is 0. The van der Waals surface area contributed by atoms with Gasteiger partial charge in [0.25, 0.3) is 0 Å². The van der Waals surface area contributed by atoms with E-state index in [2.05, 4.69) is 27.7 Å². The molecular formula is C10H23NS. The van der Waals surface area contributed by atoms with Crippen LogP contribution in [0.2, 0.25) is 0 Å². The third kappa shape index (κ3) is 8.41. The summed E-state index contributed by atoms with van der Waals surface area (Å²) in [6.07, 6.45) is 2.64. The molecule has 0 aromatic carbocycles. The Kier molecular flexibility index (Phi) is 6.02. The van der Waals surface area contributed by atoms with Crippen LogP contribution in [0, 0.1) is 5.92 Å². The summed E-state index contributed by atoms with van der Waals surface area (Å²) in [4.78, 5) is 0. The molecule has 1 nitrogen and oxygen atoms in total. The maximum atomic E-state index is 5.87. The van der Waals surface area contributed by atoms with Crippen LogP contribution in [0.1, 0.15) is 40.5 Å². The predicted molar refractivity (Wildman–Crippen MR) is 59.7 cm³/mol. The van der Waals surface area contributed by atoms with Crippen LogP contribution in [0.15, 0.2) is 0 Å². The quantitative estimate of drug-likeness (QED) is 0.695. The normalized spacial score (nSPS) is 14.8.